The fraction of sp³-hybridized carbons (Fsp3) is 0.167. The largest absolute Gasteiger partial charge is 0.265 e. The van der Waals surface area contributed by atoms with E-state index in [2.05, 4.69) is 11.1 Å². The average Bonchev–Trinajstić information content (AvgIpc) is 1.90. The van der Waals surface area contributed by atoms with Gasteiger partial charge in [0, 0.05) is 12.4 Å². The minimum Gasteiger partial charge on any atom is -0.265 e. The Bertz CT molecular complexity index is 106. The molecule has 1 heteroatoms. The molecule has 0 aliphatic carbocycles. The van der Waals surface area contributed by atoms with Crippen LogP contribution >= 0.6 is 0 Å². The summed E-state index contributed by atoms with van der Waals surface area (Å²) in [4.78, 5) is 3.88. The molecule has 0 spiro atoms. The second kappa shape index (κ2) is 2.35. The van der Waals surface area contributed by atoms with Crippen LogP contribution in [0.5, 0.6) is 0 Å². The molecule has 0 fully saturated rings. The van der Waals surface area contributed by atoms with Crippen LogP contribution in [-0.4, -0.2) is 6.21 Å². The van der Waals surface area contributed by atoms with Crippen molar-refractivity contribution in [3.63, 3.8) is 0 Å². The van der Waals surface area contributed by atoms with E-state index in [1.54, 1.807) is 12.4 Å². The maximum Gasteiger partial charge on any atom is 0.0264 e. The second-order valence-electron chi connectivity index (χ2n) is 1.35. The molecular weight excluding hydrogens is 86.1 g/mol. The molecule has 36 valence electrons. The van der Waals surface area contributed by atoms with Crippen LogP contribution in [-0.2, 0) is 0 Å². The van der Waals surface area contributed by atoms with Crippen LogP contribution in [0.25, 0.3) is 0 Å². The molecule has 0 aromatic carbocycles. The van der Waals surface area contributed by atoms with Crippen molar-refractivity contribution in [3.8, 4) is 0 Å². The summed E-state index contributed by atoms with van der Waals surface area (Å²) in [5, 5.41) is 0. The highest BCUT2D eigenvalue weighted by Crippen LogP contribution is 1.88. The van der Waals surface area contributed by atoms with Gasteiger partial charge in [0.15, 0.2) is 0 Å². The first kappa shape index (κ1) is 4.31. The molecule has 1 nitrogen and oxygen atoms in total. The third-order valence-corrected chi connectivity index (χ3v) is 0.772. The topological polar surface area (TPSA) is 12.4 Å². The maximum atomic E-state index is 3.88. The standard InChI is InChI=1S/C6H7N/c1-2-4-6-7-5-3-1/h1,3-6H,2H2. The molecule has 0 aromatic rings. The molecule has 0 saturated carbocycles. The van der Waals surface area contributed by atoms with E-state index in [0.29, 0.717) is 0 Å². The highest BCUT2D eigenvalue weighted by Gasteiger charge is 1.71. The minimum absolute atomic E-state index is 1.01. The van der Waals surface area contributed by atoms with E-state index in [-0.39, 0.29) is 0 Å². The summed E-state index contributed by atoms with van der Waals surface area (Å²) in [5.41, 5.74) is 0. The Morgan fingerprint density at radius 3 is 3.29 bits per heavy atom. The van der Waals surface area contributed by atoms with Gasteiger partial charge in [-0.05, 0) is 12.5 Å². The molecule has 0 bridgehead atoms. The summed E-state index contributed by atoms with van der Waals surface area (Å²) in [7, 11) is 0. The predicted molar refractivity (Wildman–Crippen MR) is 31.4 cm³/mol. The molecule has 0 amide bonds. The van der Waals surface area contributed by atoms with Gasteiger partial charge < -0.3 is 0 Å². The summed E-state index contributed by atoms with van der Waals surface area (Å²) in [6.45, 7) is 0. The molecule has 1 heterocycles. The zero-order valence-corrected chi connectivity index (χ0v) is 4.04. The summed E-state index contributed by atoms with van der Waals surface area (Å²) in [6, 6.07) is 0. The molecule has 0 unspecified atom stereocenters. The maximum absolute atomic E-state index is 3.88. The van der Waals surface area contributed by atoms with Crippen LogP contribution in [0.3, 0.4) is 0 Å². The number of rotatable bonds is 0. The lowest BCUT2D eigenvalue weighted by molar-refractivity contribution is 1.39. The first-order chi connectivity index (χ1) is 3.50. The predicted octanol–water partition coefficient (Wildman–Crippen LogP) is 1.53. The highest BCUT2D eigenvalue weighted by atomic mass is 14.7. The summed E-state index contributed by atoms with van der Waals surface area (Å²) in [6.07, 6.45) is 10.6. The Labute approximate surface area is 43.1 Å². The van der Waals surface area contributed by atoms with Crippen molar-refractivity contribution in [2.24, 2.45) is 4.99 Å². The lowest BCUT2D eigenvalue weighted by atomic mass is 10.4. The lowest BCUT2D eigenvalue weighted by Crippen LogP contribution is -1.54. The Balaban J connectivity index is 2.60. The highest BCUT2D eigenvalue weighted by molar-refractivity contribution is 5.71. The summed E-state index contributed by atoms with van der Waals surface area (Å²) < 4.78 is 0. The van der Waals surface area contributed by atoms with Gasteiger partial charge in [-0.3, -0.25) is 4.99 Å². The Morgan fingerprint density at radius 2 is 2.29 bits per heavy atom. The first-order valence-electron chi connectivity index (χ1n) is 2.33. The van der Waals surface area contributed by atoms with E-state index in [0.717, 1.165) is 6.42 Å². The molecular formula is C6H7N. The fourth-order valence-electron chi connectivity index (χ4n) is 0.439. The molecule has 7 heavy (non-hydrogen) atoms. The van der Waals surface area contributed by atoms with Crippen molar-refractivity contribution in [3.05, 3.63) is 24.4 Å². The monoisotopic (exact) mass is 93.1 g/mol. The van der Waals surface area contributed by atoms with Crippen LogP contribution < -0.4 is 0 Å². The van der Waals surface area contributed by atoms with E-state index in [9.17, 15) is 0 Å². The number of nitrogens with zero attached hydrogens (tertiary/aromatic N) is 1. The van der Waals surface area contributed by atoms with Gasteiger partial charge in [-0.15, -0.1) is 0 Å². The third kappa shape index (κ3) is 1.35. The van der Waals surface area contributed by atoms with Crippen molar-refractivity contribution in [1.29, 1.82) is 0 Å². The van der Waals surface area contributed by atoms with Gasteiger partial charge in [-0.2, -0.15) is 0 Å². The molecule has 1 rings (SSSR count). The summed E-state index contributed by atoms with van der Waals surface area (Å²) in [5.74, 6) is 0. The van der Waals surface area contributed by atoms with Crippen molar-refractivity contribution in [2.75, 3.05) is 0 Å². The van der Waals surface area contributed by atoms with Crippen molar-refractivity contribution in [2.45, 2.75) is 6.42 Å². The zero-order valence-electron chi connectivity index (χ0n) is 4.04. The molecule has 1 aliphatic rings. The molecule has 0 radical (unpaired) electrons. The minimum atomic E-state index is 1.01. The van der Waals surface area contributed by atoms with Gasteiger partial charge in [0.2, 0.25) is 0 Å². The van der Waals surface area contributed by atoms with Crippen molar-refractivity contribution >= 4 is 6.21 Å². The average molecular weight is 93.1 g/mol. The molecule has 0 atom stereocenters. The first-order valence-corrected chi connectivity index (χ1v) is 2.33. The van der Waals surface area contributed by atoms with Gasteiger partial charge in [0.25, 0.3) is 0 Å². The number of hydrogen-bond donors (Lipinski definition) is 0. The van der Waals surface area contributed by atoms with Crippen LogP contribution in [0.1, 0.15) is 6.42 Å². The van der Waals surface area contributed by atoms with E-state index >= 15 is 0 Å². The third-order valence-electron chi connectivity index (χ3n) is 0.772. The normalized spacial score (nSPS) is 17.1. The van der Waals surface area contributed by atoms with Gasteiger partial charge in [0.05, 0.1) is 0 Å². The van der Waals surface area contributed by atoms with Crippen LogP contribution in [0, 0.1) is 0 Å². The number of hydrogen-bond acceptors (Lipinski definition) is 1. The SMILES string of the molecule is C1=CCC=CN=C1. The van der Waals surface area contributed by atoms with Gasteiger partial charge >= 0.3 is 0 Å². The van der Waals surface area contributed by atoms with Crippen LogP contribution in [0.4, 0.5) is 0 Å². The second-order valence-corrected chi connectivity index (χ2v) is 1.35. The zero-order chi connectivity index (χ0) is 4.95. The van der Waals surface area contributed by atoms with Crippen molar-refractivity contribution < 1.29 is 0 Å². The molecule has 0 N–H and O–H groups in total. The smallest absolute Gasteiger partial charge is 0.0264 e. The molecule has 1 aliphatic heterocycles. The Morgan fingerprint density at radius 1 is 1.29 bits per heavy atom. The van der Waals surface area contributed by atoms with Gasteiger partial charge in [-0.1, -0.05) is 12.2 Å². The number of aliphatic imine (C=N–C) groups is 1. The Kier molecular flexibility index (Phi) is 1.44. The Hall–Kier alpha value is -0.850. The molecule has 0 aromatic heterocycles. The van der Waals surface area contributed by atoms with Gasteiger partial charge in [-0.25, -0.2) is 0 Å². The fourth-order valence-corrected chi connectivity index (χ4v) is 0.439. The van der Waals surface area contributed by atoms with Gasteiger partial charge in [0.1, 0.15) is 0 Å². The molecule has 0 saturated heterocycles. The van der Waals surface area contributed by atoms with E-state index < -0.39 is 0 Å². The van der Waals surface area contributed by atoms with E-state index in [1.165, 1.54) is 0 Å². The van der Waals surface area contributed by atoms with E-state index in [1.807, 2.05) is 12.2 Å². The summed E-state index contributed by atoms with van der Waals surface area (Å²) >= 11 is 0. The quantitative estimate of drug-likeness (QED) is 0.430. The lowest BCUT2D eigenvalue weighted by Gasteiger charge is -1.68. The van der Waals surface area contributed by atoms with Crippen molar-refractivity contribution in [1.82, 2.24) is 0 Å². The van der Waals surface area contributed by atoms with E-state index in [4.69, 9.17) is 0 Å². The van der Waals surface area contributed by atoms with Crippen LogP contribution in [0.2, 0.25) is 0 Å². The number of allylic oxidation sites excluding steroid dienone is 3. The van der Waals surface area contributed by atoms with Crippen LogP contribution in [0.15, 0.2) is 29.4 Å².